The molecule has 2 aromatic rings. The monoisotopic (exact) mass is 233 g/mol. The van der Waals surface area contributed by atoms with Crippen LogP contribution < -0.4 is 0 Å². The van der Waals surface area contributed by atoms with Crippen molar-refractivity contribution in [3.05, 3.63) is 34.8 Å². The predicted octanol–water partition coefficient (Wildman–Crippen LogP) is 2.99. The smallest absolute Gasteiger partial charge is 0.147 e. The number of aliphatic hydroxyl groups is 1. The molecule has 17 heavy (non-hydrogen) atoms. The maximum Gasteiger partial charge on any atom is 0.147 e. The van der Waals surface area contributed by atoms with Crippen molar-refractivity contribution in [3.63, 3.8) is 0 Å². The van der Waals surface area contributed by atoms with Crippen LogP contribution in [0.3, 0.4) is 0 Å². The van der Waals surface area contributed by atoms with Gasteiger partial charge in [0, 0.05) is 17.5 Å². The third-order valence-electron chi connectivity index (χ3n) is 3.79. The van der Waals surface area contributed by atoms with E-state index in [-0.39, 0.29) is 5.82 Å². The van der Waals surface area contributed by atoms with Crippen molar-refractivity contribution in [2.45, 2.75) is 38.7 Å². The minimum atomic E-state index is -0.570. The number of aromatic amines is 1. The van der Waals surface area contributed by atoms with E-state index in [1.807, 2.05) is 19.9 Å². The zero-order chi connectivity index (χ0) is 12.2. The lowest BCUT2D eigenvalue weighted by Crippen LogP contribution is -2.10. The van der Waals surface area contributed by atoms with E-state index in [4.69, 9.17) is 0 Å². The van der Waals surface area contributed by atoms with Crippen LogP contribution in [0, 0.1) is 19.7 Å². The molecule has 0 bridgehead atoms. The summed E-state index contributed by atoms with van der Waals surface area (Å²) in [6, 6.07) is 3.53. The molecule has 2 N–H and O–H groups in total. The number of rotatable bonds is 2. The van der Waals surface area contributed by atoms with Crippen molar-refractivity contribution in [3.8, 4) is 0 Å². The van der Waals surface area contributed by atoms with E-state index in [0.29, 0.717) is 11.9 Å². The largest absolute Gasteiger partial charge is 0.390 e. The Morgan fingerprint density at radius 1 is 1.35 bits per heavy atom. The third-order valence-corrected chi connectivity index (χ3v) is 3.79. The first-order valence-corrected chi connectivity index (χ1v) is 5.98. The second-order valence-corrected chi connectivity index (χ2v) is 5.28. The van der Waals surface area contributed by atoms with Crippen LogP contribution >= 0.6 is 0 Å². The van der Waals surface area contributed by atoms with Crippen molar-refractivity contribution in [2.75, 3.05) is 0 Å². The Morgan fingerprint density at radius 2 is 2.06 bits per heavy atom. The van der Waals surface area contributed by atoms with Gasteiger partial charge in [0.25, 0.3) is 0 Å². The van der Waals surface area contributed by atoms with Gasteiger partial charge in [-0.2, -0.15) is 0 Å². The van der Waals surface area contributed by atoms with Gasteiger partial charge in [-0.05, 0) is 49.9 Å². The summed E-state index contributed by atoms with van der Waals surface area (Å²) in [4.78, 5) is 3.06. The lowest BCUT2D eigenvalue weighted by Gasteiger charge is -2.08. The zero-order valence-electron chi connectivity index (χ0n) is 10.1. The van der Waals surface area contributed by atoms with E-state index >= 15 is 0 Å². The van der Waals surface area contributed by atoms with Crippen molar-refractivity contribution in [1.82, 2.24) is 4.98 Å². The van der Waals surface area contributed by atoms with Gasteiger partial charge < -0.3 is 10.1 Å². The first-order chi connectivity index (χ1) is 7.98. The lowest BCUT2D eigenvalue weighted by atomic mass is 10.0. The molecule has 3 heteroatoms. The van der Waals surface area contributed by atoms with E-state index in [2.05, 4.69) is 4.98 Å². The molecule has 0 saturated heterocycles. The summed E-state index contributed by atoms with van der Waals surface area (Å²) in [6.07, 6.45) is 2.22. The highest BCUT2D eigenvalue weighted by atomic mass is 19.1. The minimum absolute atomic E-state index is 0.224. The van der Waals surface area contributed by atoms with Crippen molar-refractivity contribution in [1.29, 1.82) is 0 Å². The molecular formula is C14H16FNO. The summed E-state index contributed by atoms with van der Waals surface area (Å²) in [5.74, 6) is -0.224. The molecule has 1 fully saturated rings. The molecule has 1 heterocycles. The summed E-state index contributed by atoms with van der Waals surface area (Å²) in [5, 5.41) is 10.8. The molecule has 0 spiro atoms. The Kier molecular flexibility index (Phi) is 2.11. The molecule has 0 atom stereocenters. The molecule has 1 aliphatic rings. The maximum absolute atomic E-state index is 13.9. The van der Waals surface area contributed by atoms with Crippen LogP contribution in [-0.2, 0) is 6.42 Å². The van der Waals surface area contributed by atoms with Crippen molar-refractivity contribution in [2.24, 2.45) is 0 Å². The number of hydrogen-bond donors (Lipinski definition) is 2. The molecule has 0 radical (unpaired) electrons. The van der Waals surface area contributed by atoms with Gasteiger partial charge in [-0.3, -0.25) is 0 Å². The minimum Gasteiger partial charge on any atom is -0.390 e. The Balaban J connectivity index is 2.12. The van der Waals surface area contributed by atoms with Gasteiger partial charge in [-0.25, -0.2) is 4.39 Å². The standard InChI is InChI=1S/C14H16FNO/c1-8-9(2)16-13-11(8)5-10(6-12(13)15)7-14(17)3-4-14/h5-6,16-17H,3-4,7H2,1-2H3. The van der Waals surface area contributed by atoms with Crippen LogP contribution in [0.2, 0.25) is 0 Å². The average Bonchev–Trinajstić information content (AvgIpc) is 2.90. The van der Waals surface area contributed by atoms with Crippen LogP contribution in [0.5, 0.6) is 0 Å². The Morgan fingerprint density at radius 3 is 2.71 bits per heavy atom. The normalized spacial score (nSPS) is 17.6. The van der Waals surface area contributed by atoms with Gasteiger partial charge in [0.15, 0.2) is 0 Å². The van der Waals surface area contributed by atoms with Crippen LogP contribution in [0.15, 0.2) is 12.1 Å². The second kappa shape index (κ2) is 3.33. The van der Waals surface area contributed by atoms with Crippen molar-refractivity contribution >= 4 is 10.9 Å². The highest BCUT2D eigenvalue weighted by Crippen LogP contribution is 2.39. The molecule has 1 aromatic heterocycles. The average molecular weight is 233 g/mol. The van der Waals surface area contributed by atoms with Gasteiger partial charge in [0.05, 0.1) is 11.1 Å². The van der Waals surface area contributed by atoms with Gasteiger partial charge in [-0.15, -0.1) is 0 Å². The van der Waals surface area contributed by atoms with E-state index in [1.165, 1.54) is 6.07 Å². The predicted molar refractivity (Wildman–Crippen MR) is 65.6 cm³/mol. The topological polar surface area (TPSA) is 36.0 Å². The molecular weight excluding hydrogens is 217 g/mol. The van der Waals surface area contributed by atoms with Gasteiger partial charge in [-0.1, -0.05) is 0 Å². The number of H-pyrrole nitrogens is 1. The molecule has 1 saturated carbocycles. The first-order valence-electron chi connectivity index (χ1n) is 5.98. The van der Waals surface area contributed by atoms with Crippen molar-refractivity contribution < 1.29 is 9.50 Å². The second-order valence-electron chi connectivity index (χ2n) is 5.28. The Bertz CT molecular complexity index is 596. The zero-order valence-corrected chi connectivity index (χ0v) is 10.1. The number of halogens is 1. The fourth-order valence-corrected chi connectivity index (χ4v) is 2.37. The highest BCUT2D eigenvalue weighted by molar-refractivity contribution is 5.85. The molecule has 0 unspecified atom stereocenters. The summed E-state index contributed by atoms with van der Waals surface area (Å²) in [7, 11) is 0. The van der Waals surface area contributed by atoms with Crippen LogP contribution in [0.4, 0.5) is 4.39 Å². The fourth-order valence-electron chi connectivity index (χ4n) is 2.37. The molecule has 3 rings (SSSR count). The van der Waals surface area contributed by atoms with Crippen LogP contribution in [-0.4, -0.2) is 15.7 Å². The summed E-state index contributed by atoms with van der Waals surface area (Å²) in [5.41, 5.74) is 2.98. The molecule has 0 aliphatic heterocycles. The maximum atomic E-state index is 13.9. The number of aryl methyl sites for hydroxylation is 2. The number of fused-ring (bicyclic) bond motifs is 1. The Hall–Kier alpha value is -1.35. The van der Waals surface area contributed by atoms with E-state index in [1.54, 1.807) is 0 Å². The van der Waals surface area contributed by atoms with E-state index in [9.17, 15) is 9.50 Å². The van der Waals surface area contributed by atoms with Gasteiger partial charge in [0.2, 0.25) is 0 Å². The number of nitrogens with one attached hydrogen (secondary N) is 1. The summed E-state index contributed by atoms with van der Waals surface area (Å²) < 4.78 is 13.9. The number of benzene rings is 1. The van der Waals surface area contributed by atoms with E-state index in [0.717, 1.165) is 35.0 Å². The lowest BCUT2D eigenvalue weighted by molar-refractivity contribution is 0.151. The fraction of sp³-hybridized carbons (Fsp3) is 0.429. The first kappa shape index (κ1) is 10.8. The SMILES string of the molecule is Cc1[nH]c2c(F)cc(CC3(O)CC3)cc2c1C. The quantitative estimate of drug-likeness (QED) is 0.822. The molecule has 90 valence electrons. The summed E-state index contributed by atoms with van der Waals surface area (Å²) >= 11 is 0. The highest BCUT2D eigenvalue weighted by Gasteiger charge is 2.40. The number of aromatic nitrogens is 1. The van der Waals surface area contributed by atoms with E-state index < -0.39 is 5.60 Å². The van der Waals surface area contributed by atoms with Crippen LogP contribution in [0.1, 0.15) is 29.7 Å². The molecule has 1 aliphatic carbocycles. The number of hydrogen-bond acceptors (Lipinski definition) is 1. The Labute approximate surface area is 99.5 Å². The van der Waals surface area contributed by atoms with Crippen LogP contribution in [0.25, 0.3) is 10.9 Å². The van der Waals surface area contributed by atoms with Gasteiger partial charge >= 0.3 is 0 Å². The summed E-state index contributed by atoms with van der Waals surface area (Å²) in [6.45, 7) is 3.94. The van der Waals surface area contributed by atoms with Gasteiger partial charge in [0.1, 0.15) is 5.82 Å². The molecule has 1 aromatic carbocycles. The molecule has 2 nitrogen and oxygen atoms in total. The molecule has 0 amide bonds. The third kappa shape index (κ3) is 1.75.